The van der Waals surface area contributed by atoms with Crippen molar-refractivity contribution < 1.29 is 4.12 Å². The third-order valence-corrected chi connectivity index (χ3v) is 88.9. The highest BCUT2D eigenvalue weighted by molar-refractivity contribution is 8.08. The molecule has 0 spiro atoms. The first kappa shape index (κ1) is 51.4. The van der Waals surface area contributed by atoms with Crippen molar-refractivity contribution in [2.24, 2.45) is 0 Å². The molecular weight excluding hydrogens is 997 g/mol. The molecule has 6 heteroatoms. The Morgan fingerprint density at radius 2 is 0.276 bits per heavy atom. The van der Waals surface area contributed by atoms with E-state index in [0.717, 1.165) is 0 Å². The van der Waals surface area contributed by atoms with E-state index in [1.54, 1.807) is 0 Å². The minimum Gasteiger partial charge on any atom is -0.445 e. The SMILES string of the molecule is Cc1ccc([Si]2(c3ccc(C)cc3)O[Si](c3ccc(C)cc3)(c3ccc(C)cc3)[Si](c3ccc(C)cc3)(c3ccc(C)cc3)[Si](c3ccc(C)cc3)(c3ccc(C)cc3)[Si]2(c2ccc(C)cc2)c2ccc(C)cc2)cc1. The Hall–Kier alpha value is -6.76. The van der Waals surface area contributed by atoms with Crippen LogP contribution in [-0.2, 0) is 4.12 Å². The average molecular weight is 1070 g/mol. The first-order valence-electron chi connectivity index (χ1n) is 27.1. The topological polar surface area (TPSA) is 9.23 Å². The van der Waals surface area contributed by atoms with Gasteiger partial charge in [0.05, 0.1) is 0 Å². The summed E-state index contributed by atoms with van der Waals surface area (Å²) in [5.41, 5.74) is 12.5. The molecule has 0 radical (unpaired) electrons. The van der Waals surface area contributed by atoms with E-state index in [-0.39, 0.29) is 0 Å². The number of rotatable bonds is 10. The van der Waals surface area contributed by atoms with Gasteiger partial charge < -0.3 is 4.12 Å². The van der Waals surface area contributed by atoms with Crippen molar-refractivity contribution in [3.63, 3.8) is 0 Å². The smallest absolute Gasteiger partial charge is 0.238 e. The van der Waals surface area contributed by atoms with Gasteiger partial charge >= 0.3 is 0 Å². The van der Waals surface area contributed by atoms with Crippen LogP contribution in [0.25, 0.3) is 0 Å². The Balaban J connectivity index is 1.63. The lowest BCUT2D eigenvalue weighted by molar-refractivity contribution is 0.610. The summed E-state index contributed by atoms with van der Waals surface area (Å²) in [5, 5.41) is 14.2. The van der Waals surface area contributed by atoms with Gasteiger partial charge in [-0.15, -0.1) is 0 Å². The minimum absolute atomic E-state index is 1.25. The third kappa shape index (κ3) is 7.74. The van der Waals surface area contributed by atoms with Crippen LogP contribution in [0.5, 0.6) is 0 Å². The molecule has 1 aliphatic rings. The van der Waals surface area contributed by atoms with Crippen molar-refractivity contribution in [3.05, 3.63) is 298 Å². The van der Waals surface area contributed by atoms with Gasteiger partial charge in [0.15, 0.2) is 14.2 Å². The minimum atomic E-state index is -3.91. The van der Waals surface area contributed by atoms with Gasteiger partial charge in [0.25, 0.3) is 0 Å². The van der Waals surface area contributed by atoms with Crippen LogP contribution in [0, 0.1) is 69.2 Å². The Labute approximate surface area is 457 Å². The summed E-state index contributed by atoms with van der Waals surface area (Å²) in [4.78, 5) is 0. The zero-order valence-electron chi connectivity index (χ0n) is 46.0. The van der Waals surface area contributed by atoms with Crippen LogP contribution in [-0.4, -0.2) is 37.0 Å². The lowest BCUT2D eigenvalue weighted by Gasteiger charge is -2.72. The Kier molecular flexibility index (Phi) is 13.5. The first-order chi connectivity index (χ1) is 36.7. The second-order valence-electron chi connectivity index (χ2n) is 22.4. The number of hydrogen-bond acceptors (Lipinski definition) is 1. The predicted molar refractivity (Wildman–Crippen MR) is 338 cm³/mol. The van der Waals surface area contributed by atoms with E-state index in [1.807, 2.05) is 0 Å². The van der Waals surface area contributed by atoms with Crippen LogP contribution >= 0.6 is 0 Å². The largest absolute Gasteiger partial charge is 0.445 e. The Morgan fingerprint density at radius 1 is 0.158 bits per heavy atom. The standard InChI is InChI=1S/C70H70OSi5/c1-51-11-31-61(32-12-51)72(62-33-13-52(2)14-34-62)71-73(63-35-15-53(3)16-36-63,64-37-17-54(4)18-38-64)75(67-43-23-57(7)24-44-67,68-45-25-58(8)26-46-68)76(69-47-27-59(9)28-48-69,70-49-29-60(10)30-50-70)74(72,65-39-19-55(5)20-40-65)66-41-21-56(6)22-42-66/h11-50H,1-10H3. The lowest BCUT2D eigenvalue weighted by atomic mass is 10.2. The predicted octanol–water partition coefficient (Wildman–Crippen LogP) is 9.72. The maximum atomic E-state index is 10.1. The zero-order chi connectivity index (χ0) is 53.0. The van der Waals surface area contributed by atoms with E-state index in [9.17, 15) is 4.12 Å². The molecule has 1 aliphatic heterocycles. The van der Waals surface area contributed by atoms with E-state index < -0.39 is 37.0 Å². The van der Waals surface area contributed by atoms with Gasteiger partial charge in [-0.05, 0) is 90.0 Å². The molecule has 1 nitrogen and oxygen atoms in total. The summed E-state index contributed by atoms with van der Waals surface area (Å²) in [7, 11) is -19.3. The molecular formula is C70H70OSi5. The van der Waals surface area contributed by atoms with Crippen LogP contribution < -0.4 is 51.9 Å². The summed E-state index contributed by atoms with van der Waals surface area (Å²) < 4.78 is 10.1. The quantitative estimate of drug-likeness (QED) is 0.124. The second kappa shape index (κ2) is 20.0. The van der Waals surface area contributed by atoms with Crippen LogP contribution in [0.1, 0.15) is 55.6 Å². The molecule has 0 unspecified atom stereocenters. The lowest BCUT2D eigenvalue weighted by Crippen LogP contribution is -3.17. The molecule has 0 aliphatic carbocycles. The van der Waals surface area contributed by atoms with Crippen LogP contribution in [0.2, 0.25) is 0 Å². The number of hydrogen-bond donors (Lipinski definition) is 0. The maximum absolute atomic E-state index is 10.1. The number of aryl methyl sites for hydroxylation is 10. The average Bonchev–Trinajstić information content (AvgIpc) is 3.43. The fourth-order valence-corrected chi connectivity index (χ4v) is 131. The molecule has 0 atom stereocenters. The van der Waals surface area contributed by atoms with Crippen molar-refractivity contribution in [2.45, 2.75) is 69.2 Å². The molecule has 0 aromatic heterocycles. The van der Waals surface area contributed by atoms with Gasteiger partial charge in [-0.1, -0.05) is 329 Å². The molecule has 1 saturated heterocycles. The van der Waals surface area contributed by atoms with Crippen molar-refractivity contribution in [3.8, 4) is 0 Å². The van der Waals surface area contributed by atoms with Crippen molar-refractivity contribution >= 4 is 88.9 Å². The van der Waals surface area contributed by atoms with E-state index in [0.29, 0.717) is 0 Å². The van der Waals surface area contributed by atoms with Crippen LogP contribution in [0.4, 0.5) is 0 Å². The molecule has 10 aromatic rings. The summed E-state index contributed by atoms with van der Waals surface area (Å²) in [5.74, 6) is 0. The molecule has 0 N–H and O–H groups in total. The summed E-state index contributed by atoms with van der Waals surface area (Å²) in [6.07, 6.45) is 0. The van der Waals surface area contributed by atoms with Crippen molar-refractivity contribution in [1.82, 2.24) is 0 Å². The molecule has 376 valence electrons. The van der Waals surface area contributed by atoms with E-state index in [1.165, 1.54) is 108 Å². The first-order valence-corrected chi connectivity index (χ1v) is 40.9. The molecule has 76 heavy (non-hydrogen) atoms. The molecule has 1 heterocycles. The van der Waals surface area contributed by atoms with Gasteiger partial charge in [-0.25, -0.2) is 0 Å². The number of benzene rings is 10. The molecule has 0 saturated carbocycles. The van der Waals surface area contributed by atoms with Gasteiger partial charge in [-0.2, -0.15) is 0 Å². The van der Waals surface area contributed by atoms with Gasteiger partial charge in [0, 0.05) is 0 Å². The highest BCUT2D eigenvalue weighted by Crippen LogP contribution is 2.47. The third-order valence-electron chi connectivity index (χ3n) is 17.2. The Bertz CT molecular complexity index is 3220. The maximum Gasteiger partial charge on any atom is 0.238 e. The van der Waals surface area contributed by atoms with Gasteiger partial charge in [0.1, 0.15) is 7.11 Å². The molecule has 11 rings (SSSR count). The monoisotopic (exact) mass is 1070 g/mol. The van der Waals surface area contributed by atoms with Crippen molar-refractivity contribution in [1.29, 1.82) is 0 Å². The normalized spacial score (nSPS) is 16.0. The van der Waals surface area contributed by atoms with Crippen molar-refractivity contribution in [2.75, 3.05) is 0 Å². The van der Waals surface area contributed by atoms with Gasteiger partial charge in [-0.3, -0.25) is 0 Å². The van der Waals surface area contributed by atoms with Crippen LogP contribution in [0.15, 0.2) is 243 Å². The second-order valence-corrected chi connectivity index (χ2v) is 58.4. The van der Waals surface area contributed by atoms with E-state index >= 15 is 0 Å². The fourth-order valence-electron chi connectivity index (χ4n) is 13.6. The highest BCUT2D eigenvalue weighted by atomic mass is 30.0. The summed E-state index contributed by atoms with van der Waals surface area (Å²) >= 11 is 0. The summed E-state index contributed by atoms with van der Waals surface area (Å²) in [6.45, 7) is 22.6. The van der Waals surface area contributed by atoms with E-state index in [2.05, 4.69) is 312 Å². The molecule has 0 amide bonds. The summed E-state index contributed by atoms with van der Waals surface area (Å²) in [6, 6.07) is 100. The molecule has 1 fully saturated rings. The van der Waals surface area contributed by atoms with Crippen LogP contribution in [0.3, 0.4) is 0 Å². The zero-order valence-corrected chi connectivity index (χ0v) is 51.0. The highest BCUT2D eigenvalue weighted by Gasteiger charge is 2.89. The molecule has 0 bridgehead atoms. The fraction of sp³-hybridized carbons (Fsp3) is 0.143. The van der Waals surface area contributed by atoms with Gasteiger partial charge in [0.2, 0.25) is 15.7 Å². The molecule has 10 aromatic carbocycles. The van der Waals surface area contributed by atoms with E-state index in [4.69, 9.17) is 0 Å². The Morgan fingerprint density at radius 3 is 0.421 bits per heavy atom.